The first-order valence-corrected chi connectivity index (χ1v) is 10.1. The molecule has 0 spiro atoms. The van der Waals surface area contributed by atoms with E-state index in [1.54, 1.807) is 24.3 Å². The van der Waals surface area contributed by atoms with Gasteiger partial charge in [0, 0.05) is 16.3 Å². The number of anilines is 2. The van der Waals surface area contributed by atoms with E-state index < -0.39 is 21.8 Å². The van der Waals surface area contributed by atoms with Gasteiger partial charge in [-0.25, -0.2) is 8.42 Å². The van der Waals surface area contributed by atoms with Crippen molar-refractivity contribution >= 4 is 44.8 Å². The number of benzene rings is 3. The van der Waals surface area contributed by atoms with Crippen LogP contribution in [0.25, 0.3) is 0 Å². The summed E-state index contributed by atoms with van der Waals surface area (Å²) in [7, 11) is -4.13. The standard InChI is InChI=1S/C20H13ClN2O4S/c21-14-7-9-16(10-8-14)23-20(25)17-11-6-13(12-18(17)28(23,26)27)19(24)22-15-4-2-1-3-5-15/h1-12H,(H,22,24). The maximum Gasteiger partial charge on any atom is 0.273 e. The third-order valence-electron chi connectivity index (χ3n) is 4.27. The highest BCUT2D eigenvalue weighted by molar-refractivity contribution is 7.94. The molecule has 140 valence electrons. The molecule has 0 bridgehead atoms. The minimum Gasteiger partial charge on any atom is -0.322 e. The molecule has 3 aromatic carbocycles. The number of carbonyl (C=O) groups is 2. The van der Waals surface area contributed by atoms with Gasteiger partial charge in [-0.15, -0.1) is 0 Å². The van der Waals surface area contributed by atoms with Crippen LogP contribution >= 0.6 is 11.6 Å². The summed E-state index contributed by atoms with van der Waals surface area (Å²) in [6, 6.07) is 18.7. The molecule has 1 aliphatic heterocycles. The highest BCUT2D eigenvalue weighted by Gasteiger charge is 2.42. The van der Waals surface area contributed by atoms with Gasteiger partial charge in [0.25, 0.3) is 21.8 Å². The van der Waals surface area contributed by atoms with Crippen LogP contribution in [0.4, 0.5) is 11.4 Å². The fraction of sp³-hybridized carbons (Fsp3) is 0. The first-order chi connectivity index (χ1) is 13.4. The van der Waals surface area contributed by atoms with E-state index in [9.17, 15) is 18.0 Å². The van der Waals surface area contributed by atoms with Gasteiger partial charge in [0.05, 0.1) is 11.3 Å². The van der Waals surface area contributed by atoms with Gasteiger partial charge in [0.2, 0.25) is 0 Å². The number of nitrogens with zero attached hydrogens (tertiary/aromatic N) is 1. The first kappa shape index (κ1) is 18.2. The largest absolute Gasteiger partial charge is 0.322 e. The summed E-state index contributed by atoms with van der Waals surface area (Å²) in [6.07, 6.45) is 0. The number of hydrogen-bond donors (Lipinski definition) is 1. The highest BCUT2D eigenvalue weighted by Crippen LogP contribution is 2.35. The van der Waals surface area contributed by atoms with E-state index >= 15 is 0 Å². The van der Waals surface area contributed by atoms with E-state index in [0.29, 0.717) is 15.0 Å². The summed E-state index contributed by atoms with van der Waals surface area (Å²) >= 11 is 5.84. The third kappa shape index (κ3) is 3.04. The Kier molecular flexibility index (Phi) is 4.41. The number of rotatable bonds is 3. The predicted octanol–water partition coefficient (Wildman–Crippen LogP) is 3.94. The van der Waals surface area contributed by atoms with Crippen LogP contribution in [-0.2, 0) is 10.0 Å². The molecule has 0 unspecified atom stereocenters. The number of fused-ring (bicyclic) bond motifs is 1. The fourth-order valence-corrected chi connectivity index (χ4v) is 4.68. The Morgan fingerprint density at radius 2 is 1.61 bits per heavy atom. The van der Waals surface area contributed by atoms with Crippen molar-refractivity contribution in [3.8, 4) is 0 Å². The molecule has 8 heteroatoms. The van der Waals surface area contributed by atoms with E-state index in [1.807, 2.05) is 6.07 Å². The zero-order chi connectivity index (χ0) is 19.9. The minimum absolute atomic E-state index is 0.0196. The second-order valence-electron chi connectivity index (χ2n) is 6.08. The molecule has 3 aromatic rings. The second kappa shape index (κ2) is 6.78. The van der Waals surface area contributed by atoms with Gasteiger partial charge in [0.15, 0.2) is 0 Å². The van der Waals surface area contributed by atoms with Crippen molar-refractivity contribution in [3.63, 3.8) is 0 Å². The maximum absolute atomic E-state index is 13.0. The summed E-state index contributed by atoms with van der Waals surface area (Å²) in [5.74, 6) is -1.14. The number of amides is 2. The molecule has 6 nitrogen and oxygen atoms in total. The van der Waals surface area contributed by atoms with Crippen LogP contribution in [-0.4, -0.2) is 20.2 Å². The Hall–Kier alpha value is -3.16. The number of carbonyl (C=O) groups excluding carboxylic acids is 2. The molecule has 0 radical (unpaired) electrons. The van der Waals surface area contributed by atoms with E-state index in [2.05, 4.69) is 5.32 Å². The number of nitrogens with one attached hydrogen (secondary N) is 1. The zero-order valence-electron chi connectivity index (χ0n) is 14.3. The molecule has 28 heavy (non-hydrogen) atoms. The molecule has 2 amide bonds. The Balaban J connectivity index is 1.71. The summed E-state index contributed by atoms with van der Waals surface area (Å²) in [4.78, 5) is 25.0. The van der Waals surface area contributed by atoms with Gasteiger partial charge in [0.1, 0.15) is 4.90 Å². The Morgan fingerprint density at radius 3 is 2.29 bits per heavy atom. The van der Waals surface area contributed by atoms with Gasteiger partial charge in [-0.2, -0.15) is 4.31 Å². The average molecular weight is 413 g/mol. The van der Waals surface area contributed by atoms with Gasteiger partial charge >= 0.3 is 0 Å². The van der Waals surface area contributed by atoms with E-state index in [1.165, 1.54) is 42.5 Å². The van der Waals surface area contributed by atoms with Crippen molar-refractivity contribution in [2.75, 3.05) is 9.62 Å². The van der Waals surface area contributed by atoms with Gasteiger partial charge in [-0.1, -0.05) is 29.8 Å². The van der Waals surface area contributed by atoms with Crippen LogP contribution in [0.1, 0.15) is 20.7 Å². The van der Waals surface area contributed by atoms with Crippen molar-refractivity contribution in [3.05, 3.63) is 88.9 Å². The number of para-hydroxylation sites is 1. The molecule has 0 saturated carbocycles. The monoisotopic (exact) mass is 412 g/mol. The highest BCUT2D eigenvalue weighted by atomic mass is 35.5. The lowest BCUT2D eigenvalue weighted by Gasteiger charge is -2.14. The molecular weight excluding hydrogens is 400 g/mol. The average Bonchev–Trinajstić information content (AvgIpc) is 2.89. The first-order valence-electron chi connectivity index (χ1n) is 8.23. The lowest BCUT2D eigenvalue weighted by Crippen LogP contribution is -2.29. The topological polar surface area (TPSA) is 83.6 Å². The molecule has 0 aliphatic carbocycles. The SMILES string of the molecule is O=C(Nc1ccccc1)c1ccc2c(c1)S(=O)(=O)N(c1ccc(Cl)cc1)C2=O. The lowest BCUT2D eigenvalue weighted by atomic mass is 10.1. The third-order valence-corrected chi connectivity index (χ3v) is 6.27. The second-order valence-corrected chi connectivity index (χ2v) is 8.27. The quantitative estimate of drug-likeness (QED) is 0.706. The lowest BCUT2D eigenvalue weighted by molar-refractivity contribution is 0.100. The smallest absolute Gasteiger partial charge is 0.273 e. The number of sulfonamides is 1. The van der Waals surface area contributed by atoms with Crippen LogP contribution in [0.2, 0.25) is 5.02 Å². The molecular formula is C20H13ClN2O4S. The summed E-state index contributed by atoms with van der Waals surface area (Å²) in [5.41, 5.74) is 0.916. The van der Waals surface area contributed by atoms with E-state index in [0.717, 1.165) is 0 Å². The number of halogens is 1. The van der Waals surface area contributed by atoms with Crippen molar-refractivity contribution in [2.24, 2.45) is 0 Å². The molecule has 1 heterocycles. The normalized spacial score (nSPS) is 14.6. The van der Waals surface area contributed by atoms with E-state index in [-0.39, 0.29) is 21.7 Å². The molecule has 0 aromatic heterocycles. The van der Waals surface area contributed by atoms with Crippen molar-refractivity contribution in [1.82, 2.24) is 0 Å². The molecule has 0 saturated heterocycles. The number of hydrogen-bond acceptors (Lipinski definition) is 4. The van der Waals surface area contributed by atoms with Crippen LogP contribution in [0.15, 0.2) is 77.7 Å². The summed E-state index contributed by atoms with van der Waals surface area (Å²) in [6.45, 7) is 0. The zero-order valence-corrected chi connectivity index (χ0v) is 15.9. The maximum atomic E-state index is 13.0. The molecule has 1 aliphatic rings. The Bertz CT molecular complexity index is 1190. The van der Waals surface area contributed by atoms with Crippen molar-refractivity contribution in [1.29, 1.82) is 0 Å². The molecule has 4 rings (SSSR count). The van der Waals surface area contributed by atoms with Crippen LogP contribution in [0.3, 0.4) is 0 Å². The van der Waals surface area contributed by atoms with Crippen molar-refractivity contribution in [2.45, 2.75) is 4.90 Å². The fourth-order valence-electron chi connectivity index (χ4n) is 2.93. The summed E-state index contributed by atoms with van der Waals surface area (Å²) < 4.78 is 26.6. The van der Waals surface area contributed by atoms with Gasteiger partial charge in [-0.3, -0.25) is 9.59 Å². The molecule has 1 N–H and O–H groups in total. The molecule has 0 fully saturated rings. The Morgan fingerprint density at radius 1 is 0.929 bits per heavy atom. The van der Waals surface area contributed by atoms with Gasteiger partial charge < -0.3 is 5.32 Å². The van der Waals surface area contributed by atoms with Gasteiger partial charge in [-0.05, 0) is 54.6 Å². The Labute approximate surface area is 166 Å². The van der Waals surface area contributed by atoms with Crippen molar-refractivity contribution < 1.29 is 18.0 Å². The predicted molar refractivity (Wildman–Crippen MR) is 106 cm³/mol. The van der Waals surface area contributed by atoms with Crippen LogP contribution in [0.5, 0.6) is 0 Å². The van der Waals surface area contributed by atoms with Crippen LogP contribution in [0, 0.1) is 0 Å². The molecule has 0 atom stereocenters. The van der Waals surface area contributed by atoms with E-state index in [4.69, 9.17) is 11.6 Å². The van der Waals surface area contributed by atoms with Crippen LogP contribution < -0.4 is 9.62 Å². The summed E-state index contributed by atoms with van der Waals surface area (Å²) in [5, 5.41) is 3.11. The minimum atomic E-state index is -4.13.